The molecule has 2 aromatic carbocycles. The van der Waals surface area contributed by atoms with E-state index in [-0.39, 0.29) is 16.8 Å². The van der Waals surface area contributed by atoms with E-state index in [0.717, 1.165) is 21.7 Å². The molecule has 1 saturated heterocycles. The minimum atomic E-state index is -4.93. The molecule has 0 bridgehead atoms. The van der Waals surface area contributed by atoms with E-state index in [1.54, 1.807) is 44.0 Å². The van der Waals surface area contributed by atoms with Crippen molar-refractivity contribution in [3.63, 3.8) is 0 Å². The largest absolute Gasteiger partial charge is 0.573 e. The minimum Gasteiger partial charge on any atom is -0.406 e. The Morgan fingerprint density at radius 3 is 2.38 bits per heavy atom. The number of halogens is 3. The normalized spacial score (nSPS) is 15.8. The lowest BCUT2D eigenvalue weighted by atomic mass is 9.92. The molecule has 0 unspecified atom stereocenters. The van der Waals surface area contributed by atoms with Crippen molar-refractivity contribution >= 4 is 26.9 Å². The summed E-state index contributed by atoms with van der Waals surface area (Å²) in [6, 6.07) is 11.2. The van der Waals surface area contributed by atoms with E-state index in [1.807, 2.05) is 6.07 Å². The summed E-state index contributed by atoms with van der Waals surface area (Å²) in [5.74, 6) is -0.810. The first-order valence-electron chi connectivity index (χ1n) is 10.4. The van der Waals surface area contributed by atoms with Crippen molar-refractivity contribution in [1.29, 1.82) is 0 Å². The third-order valence-electron chi connectivity index (χ3n) is 5.42. The lowest BCUT2D eigenvalue weighted by Crippen LogP contribution is -2.47. The third-order valence-corrected chi connectivity index (χ3v) is 7.10. The molecule has 34 heavy (non-hydrogen) atoms. The first kappa shape index (κ1) is 24.1. The average Bonchev–Trinajstić information content (AvgIpc) is 3.12. The van der Waals surface area contributed by atoms with E-state index >= 15 is 0 Å². The summed E-state index contributed by atoms with van der Waals surface area (Å²) in [6.45, 7) is 6.38. The Kier molecular flexibility index (Phi) is 5.89. The number of hydroxylamine groups is 2. The van der Waals surface area contributed by atoms with Crippen molar-refractivity contribution in [2.45, 2.75) is 37.9 Å². The van der Waals surface area contributed by atoms with Gasteiger partial charge in [-0.2, -0.15) is 0 Å². The SMILES string of the molecule is CC(C)(C)C(=O)ON1CC(c2ccc3c(ccn3S(=O)(=O)c3cccc(OC(F)(F)F)c3)c2)C1. The van der Waals surface area contributed by atoms with Crippen LogP contribution in [-0.4, -0.2) is 42.9 Å². The second-order valence-corrected chi connectivity index (χ2v) is 10.9. The average molecular weight is 497 g/mol. The summed E-state index contributed by atoms with van der Waals surface area (Å²) in [4.78, 5) is 17.0. The van der Waals surface area contributed by atoms with Gasteiger partial charge in [0.1, 0.15) is 5.75 Å². The van der Waals surface area contributed by atoms with Crippen LogP contribution in [0.15, 0.2) is 59.6 Å². The van der Waals surface area contributed by atoms with Gasteiger partial charge in [-0.25, -0.2) is 17.2 Å². The summed E-state index contributed by atoms with van der Waals surface area (Å²) < 4.78 is 68.7. The van der Waals surface area contributed by atoms with Gasteiger partial charge in [0.2, 0.25) is 0 Å². The fraction of sp³-hybridized carbons (Fsp3) is 0.348. The zero-order valence-corrected chi connectivity index (χ0v) is 19.5. The maximum absolute atomic E-state index is 13.1. The number of aromatic nitrogens is 1. The molecule has 0 aliphatic carbocycles. The van der Waals surface area contributed by atoms with Crippen LogP contribution in [0.2, 0.25) is 0 Å². The Morgan fingerprint density at radius 2 is 1.74 bits per heavy atom. The Morgan fingerprint density at radius 1 is 1.03 bits per heavy atom. The first-order valence-corrected chi connectivity index (χ1v) is 11.9. The smallest absolute Gasteiger partial charge is 0.406 e. The summed E-state index contributed by atoms with van der Waals surface area (Å²) in [5, 5.41) is 2.25. The van der Waals surface area contributed by atoms with E-state index < -0.39 is 27.6 Å². The molecule has 4 rings (SSSR count). The van der Waals surface area contributed by atoms with E-state index in [2.05, 4.69) is 4.74 Å². The lowest BCUT2D eigenvalue weighted by Gasteiger charge is -2.38. The Labute approximate surface area is 194 Å². The van der Waals surface area contributed by atoms with E-state index in [9.17, 15) is 26.4 Å². The molecule has 0 N–H and O–H groups in total. The van der Waals surface area contributed by atoms with Crippen LogP contribution in [0.1, 0.15) is 32.3 Å². The molecule has 2 heterocycles. The van der Waals surface area contributed by atoms with E-state index in [1.165, 1.54) is 18.3 Å². The third kappa shape index (κ3) is 4.90. The number of nitrogens with zero attached hydrogens (tertiary/aromatic N) is 2. The number of ether oxygens (including phenoxy) is 1. The van der Waals surface area contributed by atoms with Crippen LogP contribution in [0.25, 0.3) is 10.9 Å². The number of hydrogen-bond acceptors (Lipinski definition) is 6. The predicted octanol–water partition coefficient (Wildman–Crippen LogP) is 4.68. The number of alkyl halides is 3. The van der Waals surface area contributed by atoms with Crippen molar-refractivity contribution in [3.05, 3.63) is 60.3 Å². The number of rotatable bonds is 5. The van der Waals surface area contributed by atoms with Crippen LogP contribution < -0.4 is 4.74 Å². The molecular weight excluding hydrogens is 473 g/mol. The molecule has 11 heteroatoms. The summed E-state index contributed by atoms with van der Waals surface area (Å²) in [5.41, 5.74) is 0.754. The van der Waals surface area contributed by atoms with Gasteiger partial charge in [0.15, 0.2) is 0 Å². The summed E-state index contributed by atoms with van der Waals surface area (Å²) in [6.07, 6.45) is -3.57. The van der Waals surface area contributed by atoms with Crippen LogP contribution in [0.5, 0.6) is 5.75 Å². The molecule has 0 atom stereocenters. The molecule has 3 aromatic rings. The zero-order chi connectivity index (χ0) is 24.9. The highest BCUT2D eigenvalue weighted by molar-refractivity contribution is 7.90. The maximum Gasteiger partial charge on any atom is 0.573 e. The molecule has 1 aromatic heterocycles. The Hall–Kier alpha value is -3.05. The van der Waals surface area contributed by atoms with Gasteiger partial charge in [-0.3, -0.25) is 0 Å². The number of benzene rings is 2. The van der Waals surface area contributed by atoms with Crippen molar-refractivity contribution in [3.8, 4) is 5.75 Å². The molecule has 1 fully saturated rings. The van der Waals surface area contributed by atoms with Crippen molar-refractivity contribution in [2.24, 2.45) is 5.41 Å². The van der Waals surface area contributed by atoms with Crippen molar-refractivity contribution < 1.29 is 36.0 Å². The van der Waals surface area contributed by atoms with Gasteiger partial charge in [-0.15, -0.1) is 18.2 Å². The second kappa shape index (κ2) is 8.31. The van der Waals surface area contributed by atoms with Gasteiger partial charge in [-0.1, -0.05) is 12.1 Å². The monoisotopic (exact) mass is 496 g/mol. The van der Waals surface area contributed by atoms with Gasteiger partial charge in [0, 0.05) is 36.7 Å². The minimum absolute atomic E-state index is 0.119. The van der Waals surface area contributed by atoms with Gasteiger partial charge in [0.05, 0.1) is 15.8 Å². The maximum atomic E-state index is 13.1. The number of carbonyl (C=O) groups is 1. The highest BCUT2D eigenvalue weighted by atomic mass is 32.2. The zero-order valence-electron chi connectivity index (χ0n) is 18.7. The molecular formula is C23H23F3N2O5S. The van der Waals surface area contributed by atoms with Crippen LogP contribution in [0.4, 0.5) is 13.2 Å². The number of fused-ring (bicyclic) bond motifs is 1. The molecule has 0 amide bonds. The molecule has 0 radical (unpaired) electrons. The molecule has 1 aliphatic rings. The predicted molar refractivity (Wildman–Crippen MR) is 118 cm³/mol. The Bertz CT molecular complexity index is 1340. The van der Waals surface area contributed by atoms with Crippen LogP contribution >= 0.6 is 0 Å². The number of hydrogen-bond donors (Lipinski definition) is 0. The quantitative estimate of drug-likeness (QED) is 0.511. The van der Waals surface area contributed by atoms with Crippen LogP contribution in [0.3, 0.4) is 0 Å². The topological polar surface area (TPSA) is 77.8 Å². The van der Waals surface area contributed by atoms with E-state index in [4.69, 9.17) is 4.84 Å². The molecule has 0 saturated carbocycles. The van der Waals surface area contributed by atoms with Gasteiger partial charge < -0.3 is 9.57 Å². The standard InChI is InChI=1S/C23H23F3N2O5S/c1-22(2,3)21(29)33-27-13-17(14-27)15-7-8-20-16(11-15)9-10-28(20)34(30,31)19-6-4-5-18(12-19)32-23(24,25)26/h4-12,17H,13-14H2,1-3H3. The van der Waals surface area contributed by atoms with Crippen molar-refractivity contribution in [2.75, 3.05) is 13.1 Å². The highest BCUT2D eigenvalue weighted by Crippen LogP contribution is 2.32. The Balaban J connectivity index is 1.53. The second-order valence-electron chi connectivity index (χ2n) is 9.13. The first-order chi connectivity index (χ1) is 15.7. The summed E-state index contributed by atoms with van der Waals surface area (Å²) >= 11 is 0. The summed E-state index contributed by atoms with van der Waals surface area (Å²) in [7, 11) is -4.16. The van der Waals surface area contributed by atoms with Gasteiger partial charge >= 0.3 is 12.3 Å². The lowest BCUT2D eigenvalue weighted by molar-refractivity contribution is -0.274. The molecule has 0 spiro atoms. The molecule has 182 valence electrons. The fourth-order valence-corrected chi connectivity index (χ4v) is 4.91. The molecule has 1 aliphatic heterocycles. The van der Waals surface area contributed by atoms with Gasteiger partial charge in [-0.05, 0) is 56.7 Å². The van der Waals surface area contributed by atoms with Crippen LogP contribution in [0, 0.1) is 5.41 Å². The molecule has 7 nitrogen and oxygen atoms in total. The van der Waals surface area contributed by atoms with Crippen molar-refractivity contribution in [1.82, 2.24) is 9.04 Å². The highest BCUT2D eigenvalue weighted by Gasteiger charge is 2.35. The van der Waals surface area contributed by atoms with Crippen LogP contribution in [-0.2, 0) is 19.7 Å². The van der Waals surface area contributed by atoms with E-state index in [0.29, 0.717) is 24.0 Å². The number of carbonyl (C=O) groups excluding carboxylic acids is 1. The fourth-order valence-electron chi connectivity index (χ4n) is 3.52. The van der Waals surface area contributed by atoms with Gasteiger partial charge in [0.25, 0.3) is 10.0 Å².